The van der Waals surface area contributed by atoms with E-state index in [9.17, 15) is 8.42 Å². The Morgan fingerprint density at radius 1 is 1.09 bits per heavy atom. The van der Waals surface area contributed by atoms with E-state index in [2.05, 4.69) is 25.7 Å². The summed E-state index contributed by atoms with van der Waals surface area (Å²) in [7, 11) is -3.71. The van der Waals surface area contributed by atoms with Crippen molar-refractivity contribution in [2.75, 3.05) is 0 Å². The Morgan fingerprint density at radius 3 is 2.87 bits per heavy atom. The van der Waals surface area contributed by atoms with Crippen molar-refractivity contribution in [2.24, 2.45) is 0 Å². The first-order valence-electron chi connectivity index (χ1n) is 7.46. The molecule has 3 aromatic rings. The van der Waals surface area contributed by atoms with Crippen molar-refractivity contribution in [1.29, 1.82) is 0 Å². The van der Waals surface area contributed by atoms with Crippen LogP contribution in [-0.4, -0.2) is 18.7 Å². The van der Waals surface area contributed by atoms with Crippen molar-refractivity contribution in [1.82, 2.24) is 15.0 Å². The molecule has 1 atom stereocenters. The van der Waals surface area contributed by atoms with Crippen molar-refractivity contribution in [3.05, 3.63) is 53.6 Å². The third kappa shape index (κ3) is 2.51. The van der Waals surface area contributed by atoms with Gasteiger partial charge in [0.05, 0.1) is 0 Å². The Morgan fingerprint density at radius 2 is 1.96 bits per heavy atom. The molecule has 0 spiro atoms. The van der Waals surface area contributed by atoms with Crippen LogP contribution in [0.15, 0.2) is 52.0 Å². The highest BCUT2D eigenvalue weighted by atomic mass is 32.2. The number of aryl methyl sites for hydroxylation is 1. The second-order valence-corrected chi connectivity index (χ2v) is 7.34. The average Bonchev–Trinajstić information content (AvgIpc) is 3.03. The standard InChI is InChI=1S/C16H15N3O3S/c20-23(21,15-10-4-9-14-16(15)18-22-17-14)19-13-8-3-6-11-5-1-2-7-12(11)13/h1-2,4-5,7,9-10,13,19H,3,6,8H2/t13-/m1/s1. The minimum absolute atomic E-state index is 0.0966. The Hall–Kier alpha value is -2.25. The molecule has 1 aliphatic rings. The number of hydrogen-bond acceptors (Lipinski definition) is 5. The van der Waals surface area contributed by atoms with Crippen molar-refractivity contribution in [3.63, 3.8) is 0 Å². The summed E-state index contributed by atoms with van der Waals surface area (Å²) >= 11 is 0. The fraction of sp³-hybridized carbons (Fsp3) is 0.250. The van der Waals surface area contributed by atoms with Gasteiger partial charge in [0.15, 0.2) is 5.52 Å². The largest absolute Gasteiger partial charge is 0.243 e. The molecule has 0 amide bonds. The van der Waals surface area contributed by atoms with E-state index >= 15 is 0 Å². The number of nitrogens with zero attached hydrogens (tertiary/aromatic N) is 2. The number of fused-ring (bicyclic) bond motifs is 2. The smallest absolute Gasteiger partial charge is 0.243 e. The summed E-state index contributed by atoms with van der Waals surface area (Å²) in [6.07, 6.45) is 2.72. The van der Waals surface area contributed by atoms with Gasteiger partial charge in [-0.1, -0.05) is 30.3 Å². The minimum Gasteiger partial charge on any atom is -0.243 e. The zero-order chi connectivity index (χ0) is 15.9. The van der Waals surface area contributed by atoms with E-state index in [1.165, 1.54) is 11.6 Å². The predicted octanol–water partition coefficient (Wildman–Crippen LogP) is 2.58. The maximum Gasteiger partial charge on any atom is 0.243 e. The molecule has 4 rings (SSSR count). The molecule has 0 unspecified atom stereocenters. The van der Waals surface area contributed by atoms with E-state index in [0.717, 1.165) is 24.8 Å². The molecule has 7 heteroatoms. The fourth-order valence-corrected chi connectivity index (χ4v) is 4.53. The summed E-state index contributed by atoms with van der Waals surface area (Å²) in [5, 5.41) is 7.41. The quantitative estimate of drug-likeness (QED) is 0.798. The van der Waals surface area contributed by atoms with Crippen LogP contribution in [0.1, 0.15) is 30.0 Å². The summed E-state index contributed by atoms with van der Waals surface area (Å²) in [4.78, 5) is 0.0966. The topological polar surface area (TPSA) is 85.1 Å². The van der Waals surface area contributed by atoms with E-state index < -0.39 is 10.0 Å². The highest BCUT2D eigenvalue weighted by molar-refractivity contribution is 7.89. The summed E-state index contributed by atoms with van der Waals surface area (Å²) < 4.78 is 33.1. The third-order valence-electron chi connectivity index (χ3n) is 4.21. The number of rotatable bonds is 3. The molecule has 0 saturated carbocycles. The molecule has 118 valence electrons. The molecule has 2 aromatic carbocycles. The first-order chi connectivity index (χ1) is 11.1. The Balaban J connectivity index is 1.73. The van der Waals surface area contributed by atoms with Crippen LogP contribution in [0.2, 0.25) is 0 Å². The van der Waals surface area contributed by atoms with Crippen LogP contribution < -0.4 is 4.72 Å². The van der Waals surface area contributed by atoms with Crippen LogP contribution in [0.25, 0.3) is 11.0 Å². The van der Waals surface area contributed by atoms with Gasteiger partial charge in [-0.25, -0.2) is 17.8 Å². The molecule has 0 fully saturated rings. The Kier molecular flexibility index (Phi) is 3.39. The van der Waals surface area contributed by atoms with Gasteiger partial charge in [0, 0.05) is 6.04 Å². The molecular weight excluding hydrogens is 314 g/mol. The normalized spacial score (nSPS) is 18.0. The molecule has 6 nitrogen and oxygen atoms in total. The Labute approximate surface area is 133 Å². The van der Waals surface area contributed by atoms with Crippen molar-refractivity contribution < 1.29 is 13.0 Å². The SMILES string of the molecule is O=S(=O)(N[C@@H]1CCCc2ccccc21)c1cccc2nonc12. The number of nitrogens with one attached hydrogen (secondary N) is 1. The van der Waals surface area contributed by atoms with Crippen molar-refractivity contribution in [3.8, 4) is 0 Å². The monoisotopic (exact) mass is 329 g/mol. The lowest BCUT2D eigenvalue weighted by Gasteiger charge is -2.26. The third-order valence-corrected chi connectivity index (χ3v) is 5.71. The highest BCUT2D eigenvalue weighted by Crippen LogP contribution is 2.31. The van der Waals surface area contributed by atoms with Crippen LogP contribution >= 0.6 is 0 Å². The predicted molar refractivity (Wildman–Crippen MR) is 84.2 cm³/mol. The van der Waals surface area contributed by atoms with Gasteiger partial charge < -0.3 is 0 Å². The van der Waals surface area contributed by atoms with Gasteiger partial charge in [-0.15, -0.1) is 0 Å². The second kappa shape index (κ2) is 5.43. The van der Waals surface area contributed by atoms with Gasteiger partial charge in [0.25, 0.3) is 0 Å². The fourth-order valence-electron chi connectivity index (χ4n) is 3.13. The van der Waals surface area contributed by atoms with Gasteiger partial charge in [0.2, 0.25) is 10.0 Å². The van der Waals surface area contributed by atoms with E-state index in [1.54, 1.807) is 12.1 Å². The molecule has 0 saturated heterocycles. The van der Waals surface area contributed by atoms with Gasteiger partial charge in [-0.2, -0.15) is 0 Å². The first kappa shape index (κ1) is 14.3. The molecule has 0 bridgehead atoms. The van der Waals surface area contributed by atoms with Crippen molar-refractivity contribution >= 4 is 21.1 Å². The van der Waals surface area contributed by atoms with E-state index in [-0.39, 0.29) is 16.5 Å². The summed E-state index contributed by atoms with van der Waals surface area (Å²) in [6.45, 7) is 0. The highest BCUT2D eigenvalue weighted by Gasteiger charge is 2.27. The average molecular weight is 329 g/mol. The van der Waals surface area contributed by atoms with Gasteiger partial charge in [-0.3, -0.25) is 0 Å². The van der Waals surface area contributed by atoms with E-state index in [0.29, 0.717) is 5.52 Å². The molecule has 1 heterocycles. The second-order valence-electron chi connectivity index (χ2n) is 5.65. The lowest BCUT2D eigenvalue weighted by atomic mass is 9.88. The number of benzene rings is 2. The Bertz CT molecular complexity index is 965. The molecule has 1 aliphatic carbocycles. The summed E-state index contributed by atoms with van der Waals surface area (Å²) in [5.74, 6) is 0. The van der Waals surface area contributed by atoms with E-state index in [1.807, 2.05) is 18.2 Å². The molecule has 0 radical (unpaired) electrons. The van der Waals surface area contributed by atoms with E-state index in [4.69, 9.17) is 0 Å². The molecule has 0 aliphatic heterocycles. The summed E-state index contributed by atoms with van der Waals surface area (Å²) in [5.41, 5.74) is 2.93. The zero-order valence-electron chi connectivity index (χ0n) is 12.3. The van der Waals surface area contributed by atoms with Gasteiger partial charge >= 0.3 is 0 Å². The van der Waals surface area contributed by atoms with Crippen LogP contribution in [0.3, 0.4) is 0 Å². The van der Waals surface area contributed by atoms with Crippen LogP contribution in [0.4, 0.5) is 0 Å². The molecule has 1 aromatic heterocycles. The summed E-state index contributed by atoms with van der Waals surface area (Å²) in [6, 6.07) is 12.6. The molecule has 23 heavy (non-hydrogen) atoms. The van der Waals surface area contributed by atoms with Crippen LogP contribution in [0.5, 0.6) is 0 Å². The number of sulfonamides is 1. The first-order valence-corrected chi connectivity index (χ1v) is 8.95. The number of aromatic nitrogens is 2. The maximum atomic E-state index is 12.8. The van der Waals surface area contributed by atoms with Crippen LogP contribution in [-0.2, 0) is 16.4 Å². The maximum absolute atomic E-state index is 12.8. The molecule has 1 N–H and O–H groups in total. The lowest BCUT2D eigenvalue weighted by Crippen LogP contribution is -2.31. The molecular formula is C16H15N3O3S. The van der Waals surface area contributed by atoms with Crippen molar-refractivity contribution in [2.45, 2.75) is 30.2 Å². The lowest BCUT2D eigenvalue weighted by molar-refractivity contribution is 0.315. The van der Waals surface area contributed by atoms with Gasteiger partial charge in [-0.05, 0) is 52.8 Å². The minimum atomic E-state index is -3.71. The number of hydrogen-bond donors (Lipinski definition) is 1. The van der Waals surface area contributed by atoms with Crippen LogP contribution in [0, 0.1) is 0 Å². The van der Waals surface area contributed by atoms with Gasteiger partial charge in [0.1, 0.15) is 10.4 Å². The zero-order valence-corrected chi connectivity index (χ0v) is 13.1.